The molecule has 0 aliphatic carbocycles. The summed E-state index contributed by atoms with van der Waals surface area (Å²) in [5, 5.41) is 21.3. The van der Waals surface area contributed by atoms with Crippen molar-refractivity contribution in [3.63, 3.8) is 0 Å². The summed E-state index contributed by atoms with van der Waals surface area (Å²) in [7, 11) is 0. The van der Waals surface area contributed by atoms with Gasteiger partial charge in [0, 0.05) is 18.3 Å². The Labute approximate surface area is 144 Å². The molecular formula is C17H18N8. The lowest BCUT2D eigenvalue weighted by Gasteiger charge is -2.08. The molecule has 0 aliphatic rings. The van der Waals surface area contributed by atoms with Crippen LogP contribution in [0.15, 0.2) is 36.5 Å². The largest absolute Gasteiger partial charge is 0.350 e. The zero-order valence-corrected chi connectivity index (χ0v) is 14.0. The summed E-state index contributed by atoms with van der Waals surface area (Å²) in [6, 6.07) is 10.3. The third kappa shape index (κ3) is 3.27. The summed E-state index contributed by atoms with van der Waals surface area (Å²) in [6.07, 6.45) is 1.70. The van der Waals surface area contributed by atoms with E-state index in [9.17, 15) is 0 Å². The molecule has 0 atom stereocenters. The molecule has 4 aromatic rings. The Kier molecular flexibility index (Phi) is 3.77. The number of benzene rings is 1. The van der Waals surface area contributed by atoms with Crippen LogP contribution in [0.5, 0.6) is 0 Å². The van der Waals surface area contributed by atoms with Gasteiger partial charge in [-0.25, -0.2) is 0 Å². The standard InChI is InChI=1S/C17H18N8/c1-10-3-5-12(6-4-10)8-18-17-21-15(13-9-19-25-16(13)22-17)20-14-7-11(2)23-24-14/h3-7,9H,8H2,1-2H3,(H4,18,19,20,21,22,23,24,25). The van der Waals surface area contributed by atoms with Crippen LogP contribution in [0.4, 0.5) is 17.6 Å². The first-order chi connectivity index (χ1) is 12.2. The number of rotatable bonds is 5. The fourth-order valence-corrected chi connectivity index (χ4v) is 2.50. The number of aryl methyl sites for hydroxylation is 2. The highest BCUT2D eigenvalue weighted by Crippen LogP contribution is 2.23. The van der Waals surface area contributed by atoms with E-state index in [0.717, 1.165) is 16.6 Å². The highest BCUT2D eigenvalue weighted by Gasteiger charge is 2.11. The Morgan fingerprint density at radius 3 is 2.64 bits per heavy atom. The van der Waals surface area contributed by atoms with E-state index in [1.807, 2.05) is 13.0 Å². The molecule has 0 fully saturated rings. The van der Waals surface area contributed by atoms with Gasteiger partial charge in [0.1, 0.15) is 5.82 Å². The van der Waals surface area contributed by atoms with Crippen LogP contribution in [-0.2, 0) is 6.54 Å². The smallest absolute Gasteiger partial charge is 0.226 e. The second-order valence-electron chi connectivity index (χ2n) is 5.93. The van der Waals surface area contributed by atoms with Gasteiger partial charge in [-0.05, 0) is 19.4 Å². The van der Waals surface area contributed by atoms with E-state index in [1.165, 1.54) is 5.56 Å². The van der Waals surface area contributed by atoms with Gasteiger partial charge in [0.15, 0.2) is 11.5 Å². The quantitative estimate of drug-likeness (QED) is 0.447. The average molecular weight is 334 g/mol. The molecule has 3 heterocycles. The van der Waals surface area contributed by atoms with E-state index in [2.05, 4.69) is 72.2 Å². The fraction of sp³-hybridized carbons (Fsp3) is 0.176. The van der Waals surface area contributed by atoms with E-state index in [1.54, 1.807) is 6.20 Å². The molecular weight excluding hydrogens is 316 g/mol. The first-order valence-corrected chi connectivity index (χ1v) is 7.97. The van der Waals surface area contributed by atoms with Crippen molar-refractivity contribution in [3.05, 3.63) is 53.3 Å². The number of nitrogens with one attached hydrogen (secondary N) is 4. The highest BCUT2D eigenvalue weighted by molar-refractivity contribution is 5.88. The minimum atomic E-state index is 0.520. The van der Waals surface area contributed by atoms with E-state index in [-0.39, 0.29) is 0 Å². The van der Waals surface area contributed by atoms with Gasteiger partial charge in [-0.2, -0.15) is 20.2 Å². The number of aromatic nitrogens is 6. The molecule has 25 heavy (non-hydrogen) atoms. The van der Waals surface area contributed by atoms with Crippen molar-refractivity contribution in [2.24, 2.45) is 0 Å². The van der Waals surface area contributed by atoms with Gasteiger partial charge in [0.2, 0.25) is 5.95 Å². The average Bonchev–Trinajstić information content (AvgIpc) is 3.23. The summed E-state index contributed by atoms with van der Waals surface area (Å²) in [6.45, 7) is 4.65. The van der Waals surface area contributed by atoms with Crippen molar-refractivity contribution in [2.75, 3.05) is 10.6 Å². The predicted octanol–water partition coefficient (Wildman–Crippen LogP) is 3.05. The second kappa shape index (κ2) is 6.23. The van der Waals surface area contributed by atoms with Crippen molar-refractivity contribution in [1.82, 2.24) is 30.4 Å². The number of anilines is 3. The molecule has 8 nitrogen and oxygen atoms in total. The lowest BCUT2D eigenvalue weighted by atomic mass is 10.1. The number of H-pyrrole nitrogens is 2. The van der Waals surface area contributed by atoms with Crippen LogP contribution >= 0.6 is 0 Å². The van der Waals surface area contributed by atoms with Crippen molar-refractivity contribution in [2.45, 2.75) is 20.4 Å². The molecule has 8 heteroatoms. The maximum absolute atomic E-state index is 4.56. The molecule has 0 amide bonds. The molecule has 0 unspecified atom stereocenters. The zero-order valence-electron chi connectivity index (χ0n) is 14.0. The van der Waals surface area contributed by atoms with Crippen molar-refractivity contribution in [1.29, 1.82) is 0 Å². The van der Waals surface area contributed by atoms with Gasteiger partial charge in [0.25, 0.3) is 0 Å². The summed E-state index contributed by atoms with van der Waals surface area (Å²) >= 11 is 0. The molecule has 0 bridgehead atoms. The Balaban J connectivity index is 1.59. The molecule has 1 aromatic carbocycles. The molecule has 4 rings (SSSR count). The van der Waals surface area contributed by atoms with E-state index < -0.39 is 0 Å². The van der Waals surface area contributed by atoms with Crippen LogP contribution in [0.1, 0.15) is 16.8 Å². The maximum atomic E-state index is 4.56. The van der Waals surface area contributed by atoms with Crippen LogP contribution in [0, 0.1) is 13.8 Å². The third-order valence-electron chi connectivity index (χ3n) is 3.83. The number of nitrogens with zero attached hydrogens (tertiary/aromatic N) is 4. The first kappa shape index (κ1) is 15.1. The van der Waals surface area contributed by atoms with Gasteiger partial charge >= 0.3 is 0 Å². The molecule has 0 spiro atoms. The molecule has 0 radical (unpaired) electrons. The fourth-order valence-electron chi connectivity index (χ4n) is 2.50. The molecule has 0 saturated carbocycles. The van der Waals surface area contributed by atoms with Crippen LogP contribution in [0.2, 0.25) is 0 Å². The van der Waals surface area contributed by atoms with E-state index in [0.29, 0.717) is 29.8 Å². The van der Waals surface area contributed by atoms with Crippen LogP contribution in [0.25, 0.3) is 11.0 Å². The van der Waals surface area contributed by atoms with Crippen LogP contribution < -0.4 is 10.6 Å². The van der Waals surface area contributed by atoms with Crippen molar-refractivity contribution in [3.8, 4) is 0 Å². The predicted molar refractivity (Wildman–Crippen MR) is 96.8 cm³/mol. The lowest BCUT2D eigenvalue weighted by Crippen LogP contribution is -2.06. The second-order valence-corrected chi connectivity index (χ2v) is 5.93. The van der Waals surface area contributed by atoms with Crippen molar-refractivity contribution < 1.29 is 0 Å². The molecule has 4 N–H and O–H groups in total. The first-order valence-electron chi connectivity index (χ1n) is 7.97. The van der Waals surface area contributed by atoms with Crippen LogP contribution in [0.3, 0.4) is 0 Å². The highest BCUT2D eigenvalue weighted by atomic mass is 15.2. The van der Waals surface area contributed by atoms with Gasteiger partial charge in [-0.1, -0.05) is 29.8 Å². The lowest BCUT2D eigenvalue weighted by molar-refractivity contribution is 1.04. The summed E-state index contributed by atoms with van der Waals surface area (Å²) in [5.41, 5.74) is 4.03. The normalized spacial score (nSPS) is 11.0. The van der Waals surface area contributed by atoms with Gasteiger partial charge in [0.05, 0.1) is 11.6 Å². The molecule has 3 aromatic heterocycles. The summed E-state index contributed by atoms with van der Waals surface area (Å²) < 4.78 is 0. The topological polar surface area (TPSA) is 107 Å². The monoisotopic (exact) mass is 334 g/mol. The SMILES string of the molecule is Cc1ccc(CNc2nc(Nc3cc(C)[nH]n3)c3cn[nH]c3n2)cc1. The van der Waals surface area contributed by atoms with Gasteiger partial charge < -0.3 is 10.6 Å². The number of fused-ring (bicyclic) bond motifs is 1. The Hall–Kier alpha value is -3.42. The zero-order chi connectivity index (χ0) is 17.2. The Bertz CT molecular complexity index is 999. The Morgan fingerprint density at radius 2 is 1.88 bits per heavy atom. The third-order valence-corrected chi connectivity index (χ3v) is 3.83. The summed E-state index contributed by atoms with van der Waals surface area (Å²) in [4.78, 5) is 9.03. The summed E-state index contributed by atoms with van der Waals surface area (Å²) in [5.74, 6) is 1.87. The van der Waals surface area contributed by atoms with E-state index in [4.69, 9.17) is 0 Å². The number of hydrogen-bond donors (Lipinski definition) is 4. The van der Waals surface area contributed by atoms with Crippen molar-refractivity contribution >= 4 is 28.6 Å². The molecule has 126 valence electrons. The number of aromatic amines is 2. The minimum Gasteiger partial charge on any atom is -0.350 e. The minimum absolute atomic E-state index is 0.520. The van der Waals surface area contributed by atoms with Crippen LogP contribution in [-0.4, -0.2) is 30.4 Å². The molecule has 0 saturated heterocycles. The van der Waals surface area contributed by atoms with E-state index >= 15 is 0 Å². The van der Waals surface area contributed by atoms with Gasteiger partial charge in [-0.15, -0.1) is 0 Å². The maximum Gasteiger partial charge on any atom is 0.226 e. The van der Waals surface area contributed by atoms with Gasteiger partial charge in [-0.3, -0.25) is 10.2 Å². The molecule has 0 aliphatic heterocycles. The number of hydrogen-bond acceptors (Lipinski definition) is 6. The Morgan fingerprint density at radius 1 is 1.04 bits per heavy atom.